The molecule has 1 unspecified atom stereocenters. The molecule has 1 amide bonds. The van der Waals surface area contributed by atoms with Crippen molar-refractivity contribution in [3.05, 3.63) is 94.4 Å². The Morgan fingerprint density at radius 1 is 1.02 bits per heavy atom. The molecule has 10 heteroatoms. The van der Waals surface area contributed by atoms with Crippen LogP contribution in [0, 0.1) is 0 Å². The standard InChI is InChI=1S/C33H37ClN6O3/c34-27-10-8-26(9-11-27)33(42)13-18-38(19-14-33)28-3-1-17-40-30(28)36-29(37-40)21-24-4-6-25(7-5-24)31(41)39-16-2-12-32(23-39)22-35-15-20-43-32/h1,3-11,17,35,42H,2,12-16,18-23H2. The number of carbonyl (C=O) groups excluding carboxylic acids is 1. The molecule has 0 saturated carbocycles. The van der Waals surface area contributed by atoms with Crippen LogP contribution in [0.1, 0.15) is 53.0 Å². The summed E-state index contributed by atoms with van der Waals surface area (Å²) in [5, 5.41) is 20.2. The fourth-order valence-corrected chi connectivity index (χ4v) is 6.92. The molecule has 0 radical (unpaired) electrons. The van der Waals surface area contributed by atoms with Gasteiger partial charge in [0, 0.05) is 55.9 Å². The number of anilines is 1. The lowest BCUT2D eigenvalue weighted by molar-refractivity contribution is -0.0989. The van der Waals surface area contributed by atoms with Gasteiger partial charge in [0.25, 0.3) is 5.91 Å². The van der Waals surface area contributed by atoms with E-state index in [1.165, 1.54) is 0 Å². The number of rotatable bonds is 5. The zero-order valence-electron chi connectivity index (χ0n) is 24.2. The Bertz CT molecular complexity index is 1590. The molecule has 7 rings (SSSR count). The lowest BCUT2D eigenvalue weighted by atomic mass is 9.84. The Morgan fingerprint density at radius 3 is 2.56 bits per heavy atom. The first kappa shape index (κ1) is 28.3. The minimum Gasteiger partial charge on any atom is -0.385 e. The molecule has 5 heterocycles. The van der Waals surface area contributed by atoms with Gasteiger partial charge >= 0.3 is 0 Å². The minimum absolute atomic E-state index is 0.0554. The first-order valence-corrected chi connectivity index (χ1v) is 15.6. The van der Waals surface area contributed by atoms with E-state index in [4.69, 9.17) is 26.4 Å². The molecule has 2 aromatic carbocycles. The van der Waals surface area contributed by atoms with Gasteiger partial charge in [-0.25, -0.2) is 9.50 Å². The Kier molecular flexibility index (Phi) is 7.59. The molecule has 0 bridgehead atoms. The van der Waals surface area contributed by atoms with Gasteiger partial charge in [-0.15, -0.1) is 0 Å². The molecule has 43 heavy (non-hydrogen) atoms. The third-order valence-corrected chi connectivity index (χ3v) is 9.47. The number of nitrogens with one attached hydrogen (secondary N) is 1. The number of pyridine rings is 1. The van der Waals surface area contributed by atoms with Crippen molar-refractivity contribution in [1.29, 1.82) is 0 Å². The molecule has 3 saturated heterocycles. The highest BCUT2D eigenvalue weighted by molar-refractivity contribution is 6.30. The third-order valence-electron chi connectivity index (χ3n) is 9.22. The SMILES string of the molecule is O=C(c1ccc(Cc2nc3c(N4CCC(O)(c5ccc(Cl)cc5)CC4)cccn3n2)cc1)N1CCCC2(CNCCO2)C1. The maximum atomic E-state index is 13.3. The summed E-state index contributed by atoms with van der Waals surface area (Å²) in [6.07, 6.45) is 5.65. The maximum Gasteiger partial charge on any atom is 0.253 e. The number of morpholine rings is 1. The van der Waals surface area contributed by atoms with Gasteiger partial charge < -0.3 is 25.0 Å². The number of aliphatic hydroxyl groups is 1. The monoisotopic (exact) mass is 600 g/mol. The first-order chi connectivity index (χ1) is 20.9. The number of halogens is 1. The Hall–Kier alpha value is -3.50. The van der Waals surface area contributed by atoms with E-state index in [2.05, 4.69) is 16.3 Å². The average molecular weight is 601 g/mol. The van der Waals surface area contributed by atoms with Crippen LogP contribution in [0.3, 0.4) is 0 Å². The number of hydrogen-bond donors (Lipinski definition) is 2. The van der Waals surface area contributed by atoms with Crippen molar-refractivity contribution < 1.29 is 14.6 Å². The predicted molar refractivity (Wildman–Crippen MR) is 166 cm³/mol. The summed E-state index contributed by atoms with van der Waals surface area (Å²) in [7, 11) is 0. The molecule has 3 aliphatic heterocycles. The molecule has 224 valence electrons. The average Bonchev–Trinajstić information content (AvgIpc) is 3.45. The molecule has 3 aliphatic rings. The zero-order chi connectivity index (χ0) is 29.4. The number of benzene rings is 2. The van der Waals surface area contributed by atoms with Gasteiger partial charge in [0.1, 0.15) is 0 Å². The fourth-order valence-electron chi connectivity index (χ4n) is 6.80. The van der Waals surface area contributed by atoms with Crippen LogP contribution >= 0.6 is 11.6 Å². The normalized spacial score (nSPS) is 22.3. The van der Waals surface area contributed by atoms with E-state index in [-0.39, 0.29) is 11.5 Å². The Balaban J connectivity index is 1.02. The van der Waals surface area contributed by atoms with Crippen molar-refractivity contribution in [3.8, 4) is 0 Å². The number of piperidine rings is 2. The highest BCUT2D eigenvalue weighted by atomic mass is 35.5. The summed E-state index contributed by atoms with van der Waals surface area (Å²) < 4.78 is 7.95. The first-order valence-electron chi connectivity index (χ1n) is 15.2. The van der Waals surface area contributed by atoms with Crippen LogP contribution in [0.25, 0.3) is 5.65 Å². The molecule has 0 aliphatic carbocycles. The van der Waals surface area contributed by atoms with E-state index in [1.807, 2.05) is 70.2 Å². The van der Waals surface area contributed by atoms with Gasteiger partial charge in [-0.2, -0.15) is 5.10 Å². The highest BCUT2D eigenvalue weighted by Crippen LogP contribution is 2.36. The molecule has 1 spiro atoms. The number of fused-ring (bicyclic) bond motifs is 1. The van der Waals surface area contributed by atoms with E-state index < -0.39 is 5.60 Å². The zero-order valence-corrected chi connectivity index (χ0v) is 25.0. The number of amides is 1. The van der Waals surface area contributed by atoms with Crippen LogP contribution in [0.2, 0.25) is 5.02 Å². The topological polar surface area (TPSA) is 95.2 Å². The second kappa shape index (κ2) is 11.5. The Morgan fingerprint density at radius 2 is 1.81 bits per heavy atom. The van der Waals surface area contributed by atoms with E-state index in [1.54, 1.807) is 0 Å². The minimum atomic E-state index is -0.866. The molecule has 2 aromatic heterocycles. The van der Waals surface area contributed by atoms with Crippen molar-refractivity contribution in [1.82, 2.24) is 24.8 Å². The van der Waals surface area contributed by atoms with Crippen molar-refractivity contribution in [2.75, 3.05) is 50.8 Å². The van der Waals surface area contributed by atoms with E-state index in [0.29, 0.717) is 56.1 Å². The lowest BCUT2D eigenvalue weighted by Gasteiger charge is -2.45. The molecular formula is C33H37ClN6O3. The molecule has 1 atom stereocenters. The number of nitrogens with zero attached hydrogens (tertiary/aromatic N) is 5. The summed E-state index contributed by atoms with van der Waals surface area (Å²) >= 11 is 6.05. The second-order valence-corrected chi connectivity index (χ2v) is 12.6. The summed E-state index contributed by atoms with van der Waals surface area (Å²) in [5.41, 5.74) is 3.34. The molecule has 4 aromatic rings. The predicted octanol–water partition coefficient (Wildman–Crippen LogP) is 4.06. The van der Waals surface area contributed by atoms with Crippen molar-refractivity contribution in [2.24, 2.45) is 0 Å². The summed E-state index contributed by atoms with van der Waals surface area (Å²) in [4.78, 5) is 22.4. The third kappa shape index (κ3) is 5.74. The van der Waals surface area contributed by atoms with E-state index >= 15 is 0 Å². The van der Waals surface area contributed by atoms with Gasteiger partial charge in [-0.05, 0) is 73.2 Å². The summed E-state index contributed by atoms with van der Waals surface area (Å²) in [6, 6.07) is 19.4. The van der Waals surface area contributed by atoms with Crippen molar-refractivity contribution in [2.45, 2.75) is 43.3 Å². The highest BCUT2D eigenvalue weighted by Gasteiger charge is 2.39. The van der Waals surface area contributed by atoms with Gasteiger partial charge in [-0.3, -0.25) is 4.79 Å². The van der Waals surface area contributed by atoms with Crippen LogP contribution in [0.5, 0.6) is 0 Å². The van der Waals surface area contributed by atoms with Crippen LogP contribution in [0.4, 0.5) is 5.69 Å². The number of hydrogen-bond acceptors (Lipinski definition) is 7. The number of ether oxygens (including phenoxy) is 1. The smallest absolute Gasteiger partial charge is 0.253 e. The second-order valence-electron chi connectivity index (χ2n) is 12.1. The number of carbonyl (C=O) groups is 1. The van der Waals surface area contributed by atoms with Crippen molar-refractivity contribution >= 4 is 28.8 Å². The van der Waals surface area contributed by atoms with Crippen LogP contribution in [-0.4, -0.2) is 82.0 Å². The van der Waals surface area contributed by atoms with E-state index in [0.717, 1.165) is 60.8 Å². The van der Waals surface area contributed by atoms with Crippen LogP contribution in [0.15, 0.2) is 66.9 Å². The van der Waals surface area contributed by atoms with Crippen LogP contribution < -0.4 is 10.2 Å². The van der Waals surface area contributed by atoms with Gasteiger partial charge in [0.15, 0.2) is 11.5 Å². The Labute approximate surface area is 256 Å². The molecular weight excluding hydrogens is 564 g/mol. The fraction of sp³-hybridized carbons (Fsp3) is 0.424. The maximum absolute atomic E-state index is 13.3. The molecule has 9 nitrogen and oxygen atoms in total. The molecule has 2 N–H and O–H groups in total. The van der Waals surface area contributed by atoms with Gasteiger partial charge in [0.2, 0.25) is 0 Å². The van der Waals surface area contributed by atoms with Gasteiger partial charge in [-0.1, -0.05) is 35.9 Å². The largest absolute Gasteiger partial charge is 0.385 e. The molecule has 3 fully saturated rings. The lowest BCUT2D eigenvalue weighted by Crippen LogP contribution is -2.59. The number of likely N-dealkylation sites (tertiary alicyclic amines) is 1. The van der Waals surface area contributed by atoms with Crippen LogP contribution in [-0.2, 0) is 16.8 Å². The quantitative estimate of drug-likeness (QED) is 0.357. The van der Waals surface area contributed by atoms with E-state index in [9.17, 15) is 9.90 Å². The van der Waals surface area contributed by atoms with Gasteiger partial charge in [0.05, 0.1) is 30.0 Å². The number of aromatic nitrogens is 3. The van der Waals surface area contributed by atoms with Crippen molar-refractivity contribution in [3.63, 3.8) is 0 Å². The summed E-state index contributed by atoms with van der Waals surface area (Å²) in [5.74, 6) is 0.779. The summed E-state index contributed by atoms with van der Waals surface area (Å²) in [6.45, 7) is 5.16.